The Balaban J connectivity index is 2.51. The standard InChI is InChI=1S/C13H18S/c1-8-5-4-6-11-7-9(2)10(3)13(14)12(8)11/h4-6,9-10,13-14H,7H2,1-3H3/t9-,10?,13-/m1/s1. The number of aryl methyl sites for hydroxylation is 1. The Morgan fingerprint density at radius 2 is 2.00 bits per heavy atom. The summed E-state index contributed by atoms with van der Waals surface area (Å²) in [5.74, 6) is 1.44. The summed E-state index contributed by atoms with van der Waals surface area (Å²) in [4.78, 5) is 0. The van der Waals surface area contributed by atoms with E-state index in [1.165, 1.54) is 23.1 Å². The van der Waals surface area contributed by atoms with Crippen molar-refractivity contribution in [1.29, 1.82) is 0 Å². The Labute approximate surface area is 92.1 Å². The summed E-state index contributed by atoms with van der Waals surface area (Å²) in [6, 6.07) is 6.62. The van der Waals surface area contributed by atoms with E-state index < -0.39 is 0 Å². The fourth-order valence-electron chi connectivity index (χ4n) is 2.45. The molecule has 0 aliphatic heterocycles. The van der Waals surface area contributed by atoms with Crippen LogP contribution >= 0.6 is 12.6 Å². The van der Waals surface area contributed by atoms with Gasteiger partial charge in [0.2, 0.25) is 0 Å². The maximum absolute atomic E-state index is 4.76. The highest BCUT2D eigenvalue weighted by atomic mass is 32.1. The molecule has 0 N–H and O–H groups in total. The van der Waals surface area contributed by atoms with Crippen molar-refractivity contribution in [1.82, 2.24) is 0 Å². The van der Waals surface area contributed by atoms with Gasteiger partial charge >= 0.3 is 0 Å². The molecule has 0 bridgehead atoms. The van der Waals surface area contributed by atoms with Crippen molar-refractivity contribution < 1.29 is 0 Å². The Hall–Kier alpha value is -0.430. The van der Waals surface area contributed by atoms with E-state index in [0.29, 0.717) is 11.2 Å². The first kappa shape index (κ1) is 10.1. The van der Waals surface area contributed by atoms with Crippen molar-refractivity contribution in [3.05, 3.63) is 34.9 Å². The number of hydrogen-bond donors (Lipinski definition) is 1. The lowest BCUT2D eigenvalue weighted by Crippen LogP contribution is -2.23. The quantitative estimate of drug-likeness (QED) is 0.613. The van der Waals surface area contributed by atoms with Crippen LogP contribution in [0.3, 0.4) is 0 Å². The van der Waals surface area contributed by atoms with Gasteiger partial charge in [0.05, 0.1) is 0 Å². The molecule has 0 spiro atoms. The third kappa shape index (κ3) is 1.48. The van der Waals surface area contributed by atoms with Crippen molar-refractivity contribution >= 4 is 12.6 Å². The Morgan fingerprint density at radius 3 is 2.71 bits per heavy atom. The van der Waals surface area contributed by atoms with Crippen LogP contribution in [0.25, 0.3) is 0 Å². The first-order valence-corrected chi connectivity index (χ1v) is 5.89. The fourth-order valence-corrected chi connectivity index (χ4v) is 3.11. The van der Waals surface area contributed by atoms with E-state index in [1.54, 1.807) is 0 Å². The van der Waals surface area contributed by atoms with Gasteiger partial charge in [0.1, 0.15) is 0 Å². The van der Waals surface area contributed by atoms with Gasteiger partial charge in [-0.25, -0.2) is 0 Å². The molecule has 0 nitrogen and oxygen atoms in total. The topological polar surface area (TPSA) is 0 Å². The van der Waals surface area contributed by atoms with Crippen molar-refractivity contribution in [2.24, 2.45) is 11.8 Å². The van der Waals surface area contributed by atoms with Gasteiger partial charge in [-0.2, -0.15) is 12.6 Å². The molecule has 1 aliphatic carbocycles. The fraction of sp³-hybridized carbons (Fsp3) is 0.538. The van der Waals surface area contributed by atoms with E-state index in [0.717, 1.165) is 5.92 Å². The molecule has 1 aliphatic rings. The lowest BCUT2D eigenvalue weighted by atomic mass is 9.76. The van der Waals surface area contributed by atoms with E-state index >= 15 is 0 Å². The van der Waals surface area contributed by atoms with Crippen LogP contribution in [0.5, 0.6) is 0 Å². The first-order chi connectivity index (χ1) is 6.61. The minimum atomic E-state index is 0.426. The predicted molar refractivity (Wildman–Crippen MR) is 64.9 cm³/mol. The summed E-state index contributed by atoms with van der Waals surface area (Å²) in [7, 11) is 0. The van der Waals surface area contributed by atoms with Crippen LogP contribution in [0.1, 0.15) is 35.8 Å². The summed E-state index contributed by atoms with van der Waals surface area (Å²) in [6.45, 7) is 6.85. The van der Waals surface area contributed by atoms with Gasteiger partial charge in [0.15, 0.2) is 0 Å². The van der Waals surface area contributed by atoms with Gasteiger partial charge in [-0.15, -0.1) is 0 Å². The first-order valence-electron chi connectivity index (χ1n) is 5.37. The zero-order valence-electron chi connectivity index (χ0n) is 9.12. The SMILES string of the molecule is Cc1cccc2c1[C@H](S)C(C)[C@H](C)C2. The summed E-state index contributed by atoms with van der Waals surface area (Å²) in [5.41, 5.74) is 4.40. The molecule has 3 atom stereocenters. The van der Waals surface area contributed by atoms with Crippen LogP contribution in [0, 0.1) is 18.8 Å². The van der Waals surface area contributed by atoms with Gasteiger partial charge in [-0.1, -0.05) is 32.0 Å². The lowest BCUT2D eigenvalue weighted by molar-refractivity contribution is 0.355. The number of fused-ring (bicyclic) bond motifs is 1. The van der Waals surface area contributed by atoms with Gasteiger partial charge in [-0.05, 0) is 41.9 Å². The molecule has 2 rings (SSSR count). The molecule has 14 heavy (non-hydrogen) atoms. The molecule has 0 saturated heterocycles. The molecule has 1 aromatic carbocycles. The summed E-state index contributed by atoms with van der Waals surface area (Å²) >= 11 is 4.76. The van der Waals surface area contributed by atoms with Crippen LogP contribution in [0.15, 0.2) is 18.2 Å². The maximum atomic E-state index is 4.76. The Morgan fingerprint density at radius 1 is 1.29 bits per heavy atom. The van der Waals surface area contributed by atoms with E-state index in [2.05, 4.69) is 39.0 Å². The molecular formula is C13H18S. The highest BCUT2D eigenvalue weighted by molar-refractivity contribution is 7.80. The van der Waals surface area contributed by atoms with E-state index in [-0.39, 0.29) is 0 Å². The molecule has 76 valence electrons. The zero-order valence-corrected chi connectivity index (χ0v) is 10.0. The predicted octanol–water partition coefficient (Wildman–Crippen LogP) is 3.79. The number of thiol groups is 1. The summed E-state index contributed by atoms with van der Waals surface area (Å²) in [6.07, 6.45) is 1.22. The van der Waals surface area contributed by atoms with E-state index in [1.807, 2.05) is 0 Å². The summed E-state index contributed by atoms with van der Waals surface area (Å²) < 4.78 is 0. The number of benzene rings is 1. The smallest absolute Gasteiger partial charge is 0.0300 e. The maximum Gasteiger partial charge on any atom is 0.0300 e. The Kier molecular flexibility index (Phi) is 2.61. The molecule has 1 heteroatoms. The van der Waals surface area contributed by atoms with Crippen molar-refractivity contribution in [2.75, 3.05) is 0 Å². The van der Waals surface area contributed by atoms with Gasteiger partial charge < -0.3 is 0 Å². The van der Waals surface area contributed by atoms with Gasteiger partial charge in [-0.3, -0.25) is 0 Å². The molecule has 0 radical (unpaired) electrons. The highest BCUT2D eigenvalue weighted by Gasteiger charge is 2.29. The zero-order chi connectivity index (χ0) is 10.3. The lowest BCUT2D eigenvalue weighted by Gasteiger charge is -2.34. The Bertz CT molecular complexity index is 343. The third-order valence-corrected chi connectivity index (χ3v) is 4.38. The largest absolute Gasteiger partial charge is 0.171 e. The minimum Gasteiger partial charge on any atom is -0.171 e. The highest BCUT2D eigenvalue weighted by Crippen LogP contribution is 2.42. The normalized spacial score (nSPS) is 31.3. The number of rotatable bonds is 0. The monoisotopic (exact) mass is 206 g/mol. The van der Waals surface area contributed by atoms with E-state index in [9.17, 15) is 0 Å². The third-order valence-electron chi connectivity index (χ3n) is 3.65. The van der Waals surface area contributed by atoms with Crippen molar-refractivity contribution in [3.63, 3.8) is 0 Å². The molecule has 0 aromatic heterocycles. The number of hydrogen-bond acceptors (Lipinski definition) is 1. The van der Waals surface area contributed by atoms with Gasteiger partial charge in [0, 0.05) is 5.25 Å². The van der Waals surface area contributed by atoms with Crippen LogP contribution in [-0.2, 0) is 6.42 Å². The van der Waals surface area contributed by atoms with Crippen molar-refractivity contribution in [3.8, 4) is 0 Å². The molecule has 1 unspecified atom stereocenters. The van der Waals surface area contributed by atoms with Gasteiger partial charge in [0.25, 0.3) is 0 Å². The van der Waals surface area contributed by atoms with Crippen LogP contribution in [0.4, 0.5) is 0 Å². The second-order valence-corrected chi connectivity index (χ2v) is 5.19. The van der Waals surface area contributed by atoms with Crippen LogP contribution in [-0.4, -0.2) is 0 Å². The molecule has 0 saturated carbocycles. The average Bonchev–Trinajstić information content (AvgIpc) is 2.14. The minimum absolute atomic E-state index is 0.426. The summed E-state index contributed by atoms with van der Waals surface area (Å²) in [5, 5.41) is 0.426. The molecule has 1 aromatic rings. The second kappa shape index (κ2) is 3.62. The van der Waals surface area contributed by atoms with Crippen LogP contribution < -0.4 is 0 Å². The molecule has 0 fully saturated rings. The molecular weight excluding hydrogens is 188 g/mol. The van der Waals surface area contributed by atoms with Crippen LogP contribution in [0.2, 0.25) is 0 Å². The molecule has 0 heterocycles. The molecule has 0 amide bonds. The average molecular weight is 206 g/mol. The van der Waals surface area contributed by atoms with E-state index in [4.69, 9.17) is 12.6 Å². The van der Waals surface area contributed by atoms with Crippen molar-refractivity contribution in [2.45, 2.75) is 32.4 Å². The second-order valence-electron chi connectivity index (χ2n) is 4.63.